The molecule has 2 rings (SSSR count). The van der Waals surface area contributed by atoms with Gasteiger partial charge in [-0.3, -0.25) is 10.1 Å². The lowest BCUT2D eigenvalue weighted by Crippen LogP contribution is -2.36. The van der Waals surface area contributed by atoms with Crippen molar-refractivity contribution in [2.45, 2.75) is 19.3 Å². The van der Waals surface area contributed by atoms with Crippen LogP contribution in [-0.4, -0.2) is 29.5 Å². The Morgan fingerprint density at radius 2 is 2.44 bits per heavy atom. The molecule has 98 valence electrons. The van der Waals surface area contributed by atoms with Gasteiger partial charge in [0.25, 0.3) is 5.69 Å². The summed E-state index contributed by atoms with van der Waals surface area (Å²) in [6, 6.07) is 2.97. The second kappa shape index (κ2) is 5.77. The number of nitrogens with two attached hydrogens (primary N) is 1. The summed E-state index contributed by atoms with van der Waals surface area (Å²) in [5, 5.41) is 10.7. The molecule has 0 amide bonds. The number of nitrogens with zero attached hydrogens (tertiary/aromatic N) is 3. The first kappa shape index (κ1) is 12.8. The predicted molar refractivity (Wildman–Crippen MR) is 69.5 cm³/mol. The van der Waals surface area contributed by atoms with Gasteiger partial charge in [0.05, 0.1) is 11.0 Å². The fourth-order valence-electron chi connectivity index (χ4n) is 2.44. The largest absolute Gasteiger partial charge is 0.356 e. The van der Waals surface area contributed by atoms with E-state index in [-0.39, 0.29) is 10.6 Å². The van der Waals surface area contributed by atoms with Crippen molar-refractivity contribution < 1.29 is 4.92 Å². The molecule has 6 heteroatoms. The van der Waals surface area contributed by atoms with Gasteiger partial charge in [0, 0.05) is 25.4 Å². The number of pyridine rings is 1. The molecule has 0 saturated carbocycles. The zero-order valence-electron chi connectivity index (χ0n) is 10.3. The molecule has 6 nitrogen and oxygen atoms in total. The molecular formula is C12H18N4O2. The van der Waals surface area contributed by atoms with Crippen LogP contribution in [0.1, 0.15) is 19.3 Å². The summed E-state index contributed by atoms with van der Waals surface area (Å²) < 4.78 is 0. The van der Waals surface area contributed by atoms with E-state index in [4.69, 9.17) is 5.73 Å². The molecule has 1 aliphatic heterocycles. The molecule has 0 aromatic carbocycles. The average Bonchev–Trinajstić information content (AvgIpc) is 2.39. The maximum atomic E-state index is 10.7. The predicted octanol–water partition coefficient (Wildman–Crippen LogP) is 1.55. The molecule has 0 bridgehead atoms. The van der Waals surface area contributed by atoms with Crippen LogP contribution in [0.15, 0.2) is 18.3 Å². The quantitative estimate of drug-likeness (QED) is 0.647. The number of piperidine rings is 1. The van der Waals surface area contributed by atoms with Crippen molar-refractivity contribution in [3.8, 4) is 0 Å². The first-order valence-corrected chi connectivity index (χ1v) is 6.26. The minimum absolute atomic E-state index is 0.0981. The van der Waals surface area contributed by atoms with Crippen molar-refractivity contribution in [2.24, 2.45) is 11.7 Å². The molecule has 1 fully saturated rings. The number of hydrogen-bond donors (Lipinski definition) is 1. The highest BCUT2D eigenvalue weighted by atomic mass is 16.6. The van der Waals surface area contributed by atoms with Crippen LogP contribution in [0.5, 0.6) is 0 Å². The number of anilines is 1. The lowest BCUT2D eigenvalue weighted by atomic mass is 9.95. The Bertz CT molecular complexity index is 422. The molecule has 1 atom stereocenters. The number of rotatable bonds is 4. The second-order valence-corrected chi connectivity index (χ2v) is 4.66. The highest BCUT2D eigenvalue weighted by Crippen LogP contribution is 2.25. The van der Waals surface area contributed by atoms with E-state index >= 15 is 0 Å². The third kappa shape index (κ3) is 2.95. The Morgan fingerprint density at radius 1 is 1.61 bits per heavy atom. The lowest BCUT2D eigenvalue weighted by Gasteiger charge is -2.33. The maximum Gasteiger partial charge on any atom is 0.274 e. The smallest absolute Gasteiger partial charge is 0.274 e. The fraction of sp³-hybridized carbons (Fsp3) is 0.583. The van der Waals surface area contributed by atoms with Crippen molar-refractivity contribution in [3.63, 3.8) is 0 Å². The Kier molecular flexibility index (Phi) is 4.09. The van der Waals surface area contributed by atoms with Gasteiger partial charge in [-0.15, -0.1) is 0 Å². The Hall–Kier alpha value is -1.69. The Balaban J connectivity index is 2.10. The third-order valence-corrected chi connectivity index (χ3v) is 3.36. The van der Waals surface area contributed by atoms with E-state index < -0.39 is 0 Å². The number of hydrogen-bond acceptors (Lipinski definition) is 5. The molecule has 0 aliphatic carbocycles. The molecule has 18 heavy (non-hydrogen) atoms. The van der Waals surface area contributed by atoms with E-state index in [0.717, 1.165) is 25.9 Å². The van der Waals surface area contributed by atoms with Crippen LogP contribution >= 0.6 is 0 Å². The molecule has 2 N–H and O–H groups in total. The van der Waals surface area contributed by atoms with Crippen molar-refractivity contribution in [3.05, 3.63) is 28.4 Å². The van der Waals surface area contributed by atoms with E-state index in [9.17, 15) is 10.1 Å². The maximum absolute atomic E-state index is 10.7. The van der Waals surface area contributed by atoms with Crippen LogP contribution in [0.4, 0.5) is 11.5 Å². The van der Waals surface area contributed by atoms with Gasteiger partial charge in [0.2, 0.25) is 0 Å². The summed E-state index contributed by atoms with van der Waals surface area (Å²) in [6.45, 7) is 2.50. The normalized spacial score (nSPS) is 19.8. The minimum atomic E-state index is -0.382. The lowest BCUT2D eigenvalue weighted by molar-refractivity contribution is -0.384. The van der Waals surface area contributed by atoms with Gasteiger partial charge in [0.15, 0.2) is 0 Å². The summed E-state index contributed by atoms with van der Waals surface area (Å²) in [5.74, 6) is 1.27. The fourth-order valence-corrected chi connectivity index (χ4v) is 2.44. The molecule has 1 aromatic heterocycles. The van der Waals surface area contributed by atoms with Gasteiger partial charge in [-0.25, -0.2) is 4.98 Å². The average molecular weight is 250 g/mol. The van der Waals surface area contributed by atoms with Crippen molar-refractivity contribution >= 4 is 11.5 Å². The monoisotopic (exact) mass is 250 g/mol. The molecule has 1 saturated heterocycles. The van der Waals surface area contributed by atoms with E-state index in [1.807, 2.05) is 0 Å². The van der Waals surface area contributed by atoms with Crippen molar-refractivity contribution in [1.82, 2.24) is 4.98 Å². The zero-order valence-corrected chi connectivity index (χ0v) is 10.3. The molecule has 2 heterocycles. The number of aromatic nitrogens is 1. The third-order valence-electron chi connectivity index (χ3n) is 3.36. The van der Waals surface area contributed by atoms with E-state index in [1.165, 1.54) is 18.7 Å². The first-order chi connectivity index (χ1) is 8.70. The van der Waals surface area contributed by atoms with Gasteiger partial charge in [-0.1, -0.05) is 0 Å². The van der Waals surface area contributed by atoms with E-state index in [2.05, 4.69) is 9.88 Å². The Labute approximate surface area is 106 Å². The van der Waals surface area contributed by atoms with Gasteiger partial charge < -0.3 is 10.6 Å². The first-order valence-electron chi connectivity index (χ1n) is 6.26. The zero-order chi connectivity index (χ0) is 13.0. The number of nitro groups is 1. The summed E-state index contributed by atoms with van der Waals surface area (Å²) in [4.78, 5) is 16.7. The van der Waals surface area contributed by atoms with E-state index in [1.54, 1.807) is 6.07 Å². The molecule has 1 unspecified atom stereocenters. The molecule has 1 aliphatic rings. The molecule has 0 radical (unpaired) electrons. The van der Waals surface area contributed by atoms with Gasteiger partial charge in [-0.05, 0) is 31.7 Å². The van der Waals surface area contributed by atoms with Crippen molar-refractivity contribution in [1.29, 1.82) is 0 Å². The van der Waals surface area contributed by atoms with Crippen LogP contribution in [-0.2, 0) is 0 Å². The van der Waals surface area contributed by atoms with Crippen LogP contribution in [0.2, 0.25) is 0 Å². The van der Waals surface area contributed by atoms with E-state index in [0.29, 0.717) is 18.3 Å². The van der Waals surface area contributed by atoms with Crippen molar-refractivity contribution in [2.75, 3.05) is 24.5 Å². The van der Waals surface area contributed by atoms with Crippen LogP contribution in [0.25, 0.3) is 0 Å². The highest BCUT2D eigenvalue weighted by Gasteiger charge is 2.21. The SMILES string of the molecule is NCCC1CCCN(c2cc([N+](=O)[O-])ccn2)C1. The molecular weight excluding hydrogens is 232 g/mol. The Morgan fingerprint density at radius 3 is 3.17 bits per heavy atom. The summed E-state index contributed by atoms with van der Waals surface area (Å²) in [7, 11) is 0. The van der Waals surface area contributed by atoms with Crippen LogP contribution < -0.4 is 10.6 Å². The van der Waals surface area contributed by atoms with Gasteiger partial charge in [-0.2, -0.15) is 0 Å². The van der Waals surface area contributed by atoms with Crippen LogP contribution in [0.3, 0.4) is 0 Å². The molecule has 1 aromatic rings. The highest BCUT2D eigenvalue weighted by molar-refractivity contribution is 5.46. The summed E-state index contributed by atoms with van der Waals surface area (Å²) in [5.41, 5.74) is 5.68. The second-order valence-electron chi connectivity index (χ2n) is 4.66. The summed E-state index contributed by atoms with van der Waals surface area (Å²) in [6.07, 6.45) is 4.78. The minimum Gasteiger partial charge on any atom is -0.356 e. The molecule has 0 spiro atoms. The topological polar surface area (TPSA) is 85.3 Å². The van der Waals surface area contributed by atoms with Gasteiger partial charge in [0.1, 0.15) is 5.82 Å². The standard InChI is InChI=1S/C12H18N4O2/c13-5-3-10-2-1-7-15(9-10)12-8-11(16(17)18)4-6-14-12/h4,6,8,10H,1-3,5,7,9,13H2. The van der Waals surface area contributed by atoms with Crippen LogP contribution in [0, 0.1) is 16.0 Å². The summed E-state index contributed by atoms with van der Waals surface area (Å²) >= 11 is 0. The van der Waals surface area contributed by atoms with Gasteiger partial charge >= 0.3 is 0 Å².